The molecular weight excluding hydrogens is 409 g/mol. The number of rotatable bonds is 8. The average Bonchev–Trinajstić information content (AvgIpc) is 3.26. The van der Waals surface area contributed by atoms with Crippen molar-refractivity contribution in [2.24, 2.45) is 0 Å². The van der Waals surface area contributed by atoms with Crippen LogP contribution in [-0.2, 0) is 9.59 Å². The maximum Gasteiger partial charge on any atom is 0.243 e. The van der Waals surface area contributed by atoms with E-state index in [4.69, 9.17) is 0 Å². The molecule has 154 valence electrons. The van der Waals surface area contributed by atoms with Gasteiger partial charge in [-0.1, -0.05) is 6.07 Å². The first-order chi connectivity index (χ1) is 14.4. The number of benzene rings is 2. The highest BCUT2D eigenvalue weighted by Crippen LogP contribution is 2.22. The summed E-state index contributed by atoms with van der Waals surface area (Å²) in [5, 5.41) is 9.17. The smallest absolute Gasteiger partial charge is 0.243 e. The second-order valence-corrected chi connectivity index (χ2v) is 7.22. The average molecular weight is 427 g/mol. The van der Waals surface area contributed by atoms with E-state index in [-0.39, 0.29) is 34.4 Å². The molecule has 0 spiro atoms. The summed E-state index contributed by atoms with van der Waals surface area (Å²) >= 11 is 0.988. The van der Waals surface area contributed by atoms with E-state index >= 15 is 0 Å². The summed E-state index contributed by atoms with van der Waals surface area (Å²) in [6, 6.07) is 11.1. The van der Waals surface area contributed by atoms with E-state index in [1.165, 1.54) is 25.4 Å². The highest BCUT2D eigenvalue weighted by molar-refractivity contribution is 8.00. The molecule has 3 aromatic rings. The summed E-state index contributed by atoms with van der Waals surface area (Å²) in [5.74, 6) is -1.66. The Kier molecular flexibility index (Phi) is 6.91. The SMILES string of the molecule is CC(=O)c1ccc(SCC(=O)NCC(=O)Nc2ccc(-n3cncn3)cc2)c(F)c1. The molecule has 10 heteroatoms. The molecule has 0 aliphatic rings. The number of hydrogen-bond acceptors (Lipinski definition) is 6. The fourth-order valence-corrected chi connectivity index (χ4v) is 3.20. The van der Waals surface area contributed by atoms with E-state index in [1.54, 1.807) is 35.3 Å². The second-order valence-electron chi connectivity index (χ2n) is 6.20. The van der Waals surface area contributed by atoms with Gasteiger partial charge in [0.15, 0.2) is 5.78 Å². The van der Waals surface area contributed by atoms with E-state index in [0.717, 1.165) is 23.5 Å². The summed E-state index contributed by atoms with van der Waals surface area (Å²) in [6.45, 7) is 1.14. The molecule has 0 unspecified atom stereocenters. The molecule has 0 fully saturated rings. The third-order valence-corrected chi connectivity index (χ3v) is 5.03. The van der Waals surface area contributed by atoms with Crippen LogP contribution in [0.25, 0.3) is 5.69 Å². The number of thioether (sulfide) groups is 1. The molecule has 0 radical (unpaired) electrons. The second kappa shape index (κ2) is 9.79. The van der Waals surface area contributed by atoms with Crippen LogP contribution in [0.2, 0.25) is 0 Å². The lowest BCUT2D eigenvalue weighted by Crippen LogP contribution is -2.33. The molecule has 0 saturated heterocycles. The third-order valence-electron chi connectivity index (χ3n) is 3.98. The van der Waals surface area contributed by atoms with Gasteiger partial charge in [-0.2, -0.15) is 5.10 Å². The molecule has 3 rings (SSSR count). The van der Waals surface area contributed by atoms with Crippen molar-refractivity contribution in [1.29, 1.82) is 0 Å². The van der Waals surface area contributed by atoms with E-state index in [2.05, 4.69) is 20.7 Å². The lowest BCUT2D eigenvalue weighted by Gasteiger charge is -2.08. The number of nitrogens with zero attached hydrogens (tertiary/aromatic N) is 3. The van der Waals surface area contributed by atoms with Gasteiger partial charge in [-0.15, -0.1) is 11.8 Å². The molecule has 1 heterocycles. The number of Topliss-reactive ketones (excluding diaryl/α,β-unsaturated/α-hetero) is 1. The zero-order valence-electron chi connectivity index (χ0n) is 16.0. The van der Waals surface area contributed by atoms with Gasteiger partial charge in [0.25, 0.3) is 0 Å². The number of nitrogens with one attached hydrogen (secondary N) is 2. The summed E-state index contributed by atoms with van der Waals surface area (Å²) in [4.78, 5) is 39.3. The fraction of sp³-hybridized carbons (Fsp3) is 0.150. The molecule has 2 amide bonds. The minimum atomic E-state index is -0.562. The molecule has 2 aromatic carbocycles. The van der Waals surface area contributed by atoms with Crippen molar-refractivity contribution in [2.45, 2.75) is 11.8 Å². The molecule has 0 aliphatic heterocycles. The lowest BCUT2D eigenvalue weighted by atomic mass is 10.1. The number of ketones is 1. The van der Waals surface area contributed by atoms with Gasteiger partial charge in [0.2, 0.25) is 11.8 Å². The number of carbonyl (C=O) groups excluding carboxylic acids is 3. The maximum absolute atomic E-state index is 14.0. The zero-order chi connectivity index (χ0) is 21.5. The zero-order valence-corrected chi connectivity index (χ0v) is 16.8. The van der Waals surface area contributed by atoms with Crippen LogP contribution < -0.4 is 10.6 Å². The standard InChI is InChI=1S/C20H18FN5O3S/c1-13(27)14-2-7-18(17(21)8-14)30-10-20(29)23-9-19(28)25-15-3-5-16(6-4-15)26-12-22-11-24-26/h2-8,11-12H,9-10H2,1H3,(H,23,29)(H,25,28). The van der Waals surface area contributed by atoms with E-state index in [9.17, 15) is 18.8 Å². The maximum atomic E-state index is 14.0. The van der Waals surface area contributed by atoms with Gasteiger partial charge >= 0.3 is 0 Å². The molecule has 2 N–H and O–H groups in total. The summed E-state index contributed by atoms with van der Waals surface area (Å²) in [6.07, 6.45) is 2.98. The van der Waals surface area contributed by atoms with Gasteiger partial charge in [0, 0.05) is 16.1 Å². The Morgan fingerprint density at radius 2 is 1.87 bits per heavy atom. The van der Waals surface area contributed by atoms with Gasteiger partial charge < -0.3 is 10.6 Å². The number of carbonyl (C=O) groups is 3. The Balaban J connectivity index is 1.43. The highest BCUT2D eigenvalue weighted by Gasteiger charge is 2.11. The first-order valence-electron chi connectivity index (χ1n) is 8.87. The number of hydrogen-bond donors (Lipinski definition) is 2. The fourth-order valence-electron chi connectivity index (χ4n) is 2.45. The van der Waals surface area contributed by atoms with Crippen LogP contribution >= 0.6 is 11.8 Å². The molecule has 30 heavy (non-hydrogen) atoms. The molecule has 8 nitrogen and oxygen atoms in total. The molecular formula is C20H18FN5O3S. The monoisotopic (exact) mass is 427 g/mol. The summed E-state index contributed by atoms with van der Waals surface area (Å²) < 4.78 is 15.5. The summed E-state index contributed by atoms with van der Waals surface area (Å²) in [5.41, 5.74) is 1.63. The Morgan fingerprint density at radius 1 is 1.10 bits per heavy atom. The van der Waals surface area contributed by atoms with Crippen molar-refractivity contribution < 1.29 is 18.8 Å². The van der Waals surface area contributed by atoms with Gasteiger partial charge in [-0.3, -0.25) is 14.4 Å². The largest absolute Gasteiger partial charge is 0.346 e. The topological polar surface area (TPSA) is 106 Å². The Morgan fingerprint density at radius 3 is 2.50 bits per heavy atom. The third kappa shape index (κ3) is 5.74. The number of halogens is 1. The van der Waals surface area contributed by atoms with E-state index in [1.807, 2.05) is 0 Å². The van der Waals surface area contributed by atoms with Crippen LogP contribution in [0.1, 0.15) is 17.3 Å². The van der Waals surface area contributed by atoms with Gasteiger partial charge in [0.05, 0.1) is 18.0 Å². The van der Waals surface area contributed by atoms with Crippen LogP contribution in [0.3, 0.4) is 0 Å². The predicted molar refractivity (Wildman–Crippen MR) is 110 cm³/mol. The van der Waals surface area contributed by atoms with Gasteiger partial charge in [0.1, 0.15) is 18.5 Å². The first kappa shape index (κ1) is 21.2. The predicted octanol–water partition coefficient (Wildman–Crippen LogP) is 2.46. The molecule has 0 saturated carbocycles. The van der Waals surface area contributed by atoms with Crippen molar-refractivity contribution in [3.63, 3.8) is 0 Å². The van der Waals surface area contributed by atoms with Crippen LogP contribution in [0.15, 0.2) is 60.0 Å². The first-order valence-corrected chi connectivity index (χ1v) is 9.86. The molecule has 0 atom stereocenters. The minimum Gasteiger partial charge on any atom is -0.346 e. The van der Waals surface area contributed by atoms with Crippen molar-refractivity contribution in [3.05, 3.63) is 66.5 Å². The van der Waals surface area contributed by atoms with Gasteiger partial charge in [-0.25, -0.2) is 14.1 Å². The van der Waals surface area contributed by atoms with Crippen LogP contribution in [0.5, 0.6) is 0 Å². The van der Waals surface area contributed by atoms with Crippen LogP contribution in [0, 0.1) is 5.82 Å². The number of aromatic nitrogens is 3. The van der Waals surface area contributed by atoms with Crippen molar-refractivity contribution in [2.75, 3.05) is 17.6 Å². The normalized spacial score (nSPS) is 10.5. The summed E-state index contributed by atoms with van der Waals surface area (Å²) in [7, 11) is 0. The van der Waals surface area contributed by atoms with Crippen molar-refractivity contribution in [3.8, 4) is 5.69 Å². The quantitative estimate of drug-likeness (QED) is 0.423. The van der Waals surface area contributed by atoms with Crippen molar-refractivity contribution >= 4 is 35.0 Å². The minimum absolute atomic E-state index is 0.0593. The number of amides is 2. The van der Waals surface area contributed by atoms with E-state index in [0.29, 0.717) is 5.69 Å². The van der Waals surface area contributed by atoms with E-state index < -0.39 is 11.7 Å². The Hall–Kier alpha value is -3.53. The molecule has 1 aromatic heterocycles. The molecule has 0 bridgehead atoms. The van der Waals surface area contributed by atoms with Crippen LogP contribution in [-0.4, -0.2) is 44.7 Å². The van der Waals surface area contributed by atoms with Gasteiger partial charge in [-0.05, 0) is 43.3 Å². The lowest BCUT2D eigenvalue weighted by molar-refractivity contribution is -0.122. The number of anilines is 1. The Labute approximate surface area is 175 Å². The highest BCUT2D eigenvalue weighted by atomic mass is 32.2. The van der Waals surface area contributed by atoms with Crippen molar-refractivity contribution in [1.82, 2.24) is 20.1 Å². The Bertz CT molecular complexity index is 1050. The molecule has 0 aliphatic carbocycles. The van der Waals surface area contributed by atoms with Crippen LogP contribution in [0.4, 0.5) is 10.1 Å².